The first-order valence-corrected chi connectivity index (χ1v) is 10.7. The highest BCUT2D eigenvalue weighted by Crippen LogP contribution is 2.56. The number of hydrogen-bond acceptors (Lipinski definition) is 3. The van der Waals surface area contributed by atoms with E-state index >= 15 is 0 Å². The molecule has 7 heteroatoms. The predicted molar refractivity (Wildman–Crippen MR) is 120 cm³/mol. The number of likely N-dealkylation sites (tertiary alicyclic amines) is 1. The van der Waals surface area contributed by atoms with Crippen LogP contribution in [0.5, 0.6) is 0 Å². The van der Waals surface area contributed by atoms with E-state index < -0.39 is 0 Å². The van der Waals surface area contributed by atoms with Gasteiger partial charge in [0.25, 0.3) is 0 Å². The lowest BCUT2D eigenvalue weighted by Crippen LogP contribution is -2.55. The van der Waals surface area contributed by atoms with E-state index in [1.54, 1.807) is 0 Å². The van der Waals surface area contributed by atoms with E-state index in [4.69, 9.17) is 0 Å². The molecule has 0 aromatic rings. The summed E-state index contributed by atoms with van der Waals surface area (Å²) in [6.45, 7) is 7.42. The van der Waals surface area contributed by atoms with Gasteiger partial charge in [0, 0.05) is 52.9 Å². The second-order valence-electron chi connectivity index (χ2n) is 8.74. The number of rotatable bonds is 5. The highest BCUT2D eigenvalue weighted by Gasteiger charge is 2.48. The Kier molecular flexibility index (Phi) is 7.27. The van der Waals surface area contributed by atoms with Crippen molar-refractivity contribution in [1.29, 1.82) is 0 Å². The fourth-order valence-electron chi connectivity index (χ4n) is 5.02. The van der Waals surface area contributed by atoms with Gasteiger partial charge < -0.3 is 15.1 Å². The molecule has 0 radical (unpaired) electrons. The summed E-state index contributed by atoms with van der Waals surface area (Å²) in [5, 5.41) is 3.69. The largest absolute Gasteiger partial charge is 0.356 e. The lowest BCUT2D eigenvalue weighted by Gasteiger charge is -2.44. The van der Waals surface area contributed by atoms with Crippen LogP contribution in [0, 0.1) is 11.3 Å². The molecule has 2 saturated heterocycles. The van der Waals surface area contributed by atoms with Crippen LogP contribution in [0.25, 0.3) is 0 Å². The lowest BCUT2D eigenvalue weighted by atomic mass is 9.65. The van der Waals surface area contributed by atoms with Gasteiger partial charge in [-0.15, -0.1) is 24.0 Å². The predicted octanol–water partition coefficient (Wildman–Crippen LogP) is 2.00. The van der Waals surface area contributed by atoms with Crippen LogP contribution in [0.3, 0.4) is 0 Å². The summed E-state index contributed by atoms with van der Waals surface area (Å²) in [5.41, 5.74) is 0.569. The summed E-state index contributed by atoms with van der Waals surface area (Å²) in [6.07, 6.45) is 9.41. The van der Waals surface area contributed by atoms with E-state index in [0.29, 0.717) is 17.9 Å². The second kappa shape index (κ2) is 9.29. The summed E-state index contributed by atoms with van der Waals surface area (Å²) >= 11 is 0. The molecule has 0 spiro atoms. The van der Waals surface area contributed by atoms with E-state index in [-0.39, 0.29) is 24.0 Å². The number of hydrogen-bond donors (Lipinski definition) is 1. The average molecular weight is 489 g/mol. The van der Waals surface area contributed by atoms with Crippen LogP contribution in [0.1, 0.15) is 44.9 Å². The van der Waals surface area contributed by atoms with Crippen LogP contribution in [0.15, 0.2) is 4.99 Å². The summed E-state index contributed by atoms with van der Waals surface area (Å²) in [5.74, 6) is 2.34. The van der Waals surface area contributed by atoms with E-state index in [9.17, 15) is 4.79 Å². The molecule has 2 aliphatic carbocycles. The number of halogens is 1. The minimum Gasteiger partial charge on any atom is -0.356 e. The Balaban J connectivity index is 0.00000210. The zero-order valence-electron chi connectivity index (χ0n) is 16.8. The molecule has 1 amide bonds. The Morgan fingerprint density at radius 3 is 2.19 bits per heavy atom. The summed E-state index contributed by atoms with van der Waals surface area (Å²) in [7, 11) is 1.90. The molecule has 4 aliphatic rings. The third-order valence-corrected chi connectivity index (χ3v) is 7.09. The maximum atomic E-state index is 12.3. The highest BCUT2D eigenvalue weighted by molar-refractivity contribution is 14.0. The van der Waals surface area contributed by atoms with Gasteiger partial charge in [-0.2, -0.15) is 0 Å². The topological polar surface area (TPSA) is 51.2 Å². The van der Waals surface area contributed by atoms with Gasteiger partial charge in [-0.05, 0) is 49.9 Å². The summed E-state index contributed by atoms with van der Waals surface area (Å²) < 4.78 is 0. The molecule has 0 aromatic carbocycles. The van der Waals surface area contributed by atoms with Crippen molar-refractivity contribution in [3.63, 3.8) is 0 Å². The SMILES string of the molecule is CN=C(NCC1(C2CC2)CCC1)N1CCN(CC(=O)N2CCCC2)CC1.I. The fraction of sp³-hybridized carbons (Fsp3) is 0.900. The van der Waals surface area contributed by atoms with E-state index in [2.05, 4.69) is 20.1 Å². The number of aliphatic imine (C=N–C) groups is 1. The number of carbonyl (C=O) groups excluding carboxylic acids is 1. The first-order valence-electron chi connectivity index (χ1n) is 10.7. The Hall–Kier alpha value is -0.570. The molecule has 1 N–H and O–H groups in total. The molecule has 154 valence electrons. The third-order valence-electron chi connectivity index (χ3n) is 7.09. The molecule has 0 atom stereocenters. The Bertz CT molecular complexity index is 532. The molecule has 6 nitrogen and oxygen atoms in total. The lowest BCUT2D eigenvalue weighted by molar-refractivity contribution is -0.131. The van der Waals surface area contributed by atoms with Crippen LogP contribution < -0.4 is 5.32 Å². The fourth-order valence-corrected chi connectivity index (χ4v) is 5.02. The van der Waals surface area contributed by atoms with Gasteiger partial charge in [0.15, 0.2) is 5.96 Å². The van der Waals surface area contributed by atoms with Crippen molar-refractivity contribution in [1.82, 2.24) is 20.0 Å². The van der Waals surface area contributed by atoms with Crippen LogP contribution >= 0.6 is 24.0 Å². The van der Waals surface area contributed by atoms with Crippen molar-refractivity contribution in [3.8, 4) is 0 Å². The van der Waals surface area contributed by atoms with Crippen molar-refractivity contribution in [2.75, 3.05) is 59.4 Å². The normalized spacial score (nSPS) is 25.7. The van der Waals surface area contributed by atoms with Gasteiger partial charge in [0.2, 0.25) is 5.91 Å². The quantitative estimate of drug-likeness (QED) is 0.365. The third kappa shape index (κ3) is 4.89. The average Bonchev–Trinajstić information content (AvgIpc) is 3.31. The van der Waals surface area contributed by atoms with Crippen molar-refractivity contribution >= 4 is 35.8 Å². The van der Waals surface area contributed by atoms with Crippen molar-refractivity contribution < 1.29 is 4.79 Å². The molecule has 0 unspecified atom stereocenters. The van der Waals surface area contributed by atoms with Gasteiger partial charge in [-0.3, -0.25) is 14.7 Å². The Morgan fingerprint density at radius 2 is 1.67 bits per heavy atom. The number of nitrogens with one attached hydrogen (secondary N) is 1. The van der Waals surface area contributed by atoms with Gasteiger partial charge in [-0.1, -0.05) is 6.42 Å². The minimum absolute atomic E-state index is 0. The standard InChI is InChI=1S/C20H35N5O.HI/c1-21-19(22-16-20(7-4-8-20)17-5-6-17)25-13-11-23(12-14-25)15-18(26)24-9-2-3-10-24;/h17H,2-16H2,1H3,(H,21,22);1H. The molecule has 4 rings (SSSR count). The highest BCUT2D eigenvalue weighted by atomic mass is 127. The van der Waals surface area contributed by atoms with E-state index in [1.807, 2.05) is 11.9 Å². The molecular formula is C20H36IN5O. The molecule has 2 aliphatic heterocycles. The van der Waals surface area contributed by atoms with Crippen LogP contribution in [-0.2, 0) is 4.79 Å². The van der Waals surface area contributed by atoms with Gasteiger partial charge >= 0.3 is 0 Å². The molecule has 0 aromatic heterocycles. The summed E-state index contributed by atoms with van der Waals surface area (Å²) in [4.78, 5) is 23.6. The molecule has 2 heterocycles. The monoisotopic (exact) mass is 489 g/mol. The number of amides is 1. The van der Waals surface area contributed by atoms with Crippen molar-refractivity contribution in [3.05, 3.63) is 0 Å². The molecule has 27 heavy (non-hydrogen) atoms. The van der Waals surface area contributed by atoms with Crippen LogP contribution in [0.4, 0.5) is 0 Å². The van der Waals surface area contributed by atoms with Crippen molar-refractivity contribution in [2.45, 2.75) is 44.9 Å². The van der Waals surface area contributed by atoms with Gasteiger partial charge in [0.1, 0.15) is 0 Å². The zero-order valence-corrected chi connectivity index (χ0v) is 19.1. The van der Waals surface area contributed by atoms with Gasteiger partial charge in [0.05, 0.1) is 6.54 Å². The van der Waals surface area contributed by atoms with Crippen molar-refractivity contribution in [2.24, 2.45) is 16.3 Å². The van der Waals surface area contributed by atoms with E-state index in [1.165, 1.54) is 44.9 Å². The first kappa shape index (κ1) is 21.1. The van der Waals surface area contributed by atoms with Crippen LogP contribution in [-0.4, -0.2) is 86.0 Å². The number of piperazine rings is 1. The maximum Gasteiger partial charge on any atom is 0.236 e. The first-order chi connectivity index (χ1) is 12.7. The molecular weight excluding hydrogens is 453 g/mol. The molecule has 4 fully saturated rings. The number of guanidine groups is 1. The zero-order chi connectivity index (χ0) is 18.0. The number of nitrogens with zero attached hydrogens (tertiary/aromatic N) is 4. The Labute approximate surface area is 181 Å². The molecule has 0 bridgehead atoms. The smallest absolute Gasteiger partial charge is 0.236 e. The number of carbonyl (C=O) groups is 1. The second-order valence-corrected chi connectivity index (χ2v) is 8.74. The Morgan fingerprint density at radius 1 is 1.00 bits per heavy atom. The minimum atomic E-state index is 0. The maximum absolute atomic E-state index is 12.3. The van der Waals surface area contributed by atoms with Crippen LogP contribution in [0.2, 0.25) is 0 Å². The van der Waals surface area contributed by atoms with E-state index in [0.717, 1.165) is 57.7 Å². The van der Waals surface area contributed by atoms with Gasteiger partial charge in [-0.25, -0.2) is 0 Å². The summed E-state index contributed by atoms with van der Waals surface area (Å²) in [6, 6.07) is 0. The molecule has 2 saturated carbocycles.